The van der Waals surface area contributed by atoms with E-state index in [0.29, 0.717) is 0 Å². The SMILES string of the molecule is CC(C)NC(=O)CSc1nnc(C(F)(F)F)n1C. The molecule has 1 amide bonds. The molecule has 0 unspecified atom stereocenters. The molecule has 0 aliphatic carbocycles. The Hall–Kier alpha value is -1.25. The third-order valence-corrected chi connectivity index (χ3v) is 2.89. The van der Waals surface area contributed by atoms with Crippen molar-refractivity contribution in [3.63, 3.8) is 0 Å². The van der Waals surface area contributed by atoms with Gasteiger partial charge in [-0.3, -0.25) is 4.79 Å². The molecule has 0 aliphatic rings. The molecule has 18 heavy (non-hydrogen) atoms. The van der Waals surface area contributed by atoms with E-state index in [-0.39, 0.29) is 22.9 Å². The first kappa shape index (κ1) is 14.8. The van der Waals surface area contributed by atoms with Crippen LogP contribution in [0.15, 0.2) is 5.16 Å². The molecule has 0 saturated heterocycles. The second-order valence-corrected chi connectivity index (χ2v) is 4.82. The highest BCUT2D eigenvalue weighted by Gasteiger charge is 2.37. The number of halogens is 3. The van der Waals surface area contributed by atoms with Crippen molar-refractivity contribution in [3.8, 4) is 0 Å². The molecule has 0 radical (unpaired) electrons. The van der Waals surface area contributed by atoms with Gasteiger partial charge in [0.05, 0.1) is 5.75 Å². The van der Waals surface area contributed by atoms with Crippen LogP contribution in [0.5, 0.6) is 0 Å². The number of hydrogen-bond acceptors (Lipinski definition) is 4. The first-order valence-electron chi connectivity index (χ1n) is 5.10. The van der Waals surface area contributed by atoms with E-state index in [0.717, 1.165) is 16.3 Å². The van der Waals surface area contributed by atoms with Crippen molar-refractivity contribution in [3.05, 3.63) is 5.82 Å². The lowest BCUT2D eigenvalue weighted by Gasteiger charge is -2.08. The third kappa shape index (κ3) is 3.90. The third-order valence-electron chi connectivity index (χ3n) is 1.87. The summed E-state index contributed by atoms with van der Waals surface area (Å²) in [5, 5.41) is 9.16. The van der Waals surface area contributed by atoms with Crippen molar-refractivity contribution in [1.82, 2.24) is 20.1 Å². The second-order valence-electron chi connectivity index (χ2n) is 3.87. The van der Waals surface area contributed by atoms with Crippen LogP contribution in [-0.2, 0) is 18.0 Å². The zero-order valence-electron chi connectivity index (χ0n) is 10.1. The molecule has 0 spiro atoms. The number of aromatic nitrogens is 3. The Morgan fingerprint density at radius 3 is 2.50 bits per heavy atom. The predicted octanol–water partition coefficient (Wildman–Crippen LogP) is 1.45. The Balaban J connectivity index is 2.65. The molecule has 0 aromatic carbocycles. The standard InChI is InChI=1S/C9H13F3N4OS/c1-5(2)13-6(17)4-18-8-15-14-7(16(8)3)9(10,11)12/h5H,4H2,1-3H3,(H,13,17). The van der Waals surface area contributed by atoms with Crippen molar-refractivity contribution in [2.75, 3.05) is 5.75 Å². The summed E-state index contributed by atoms with van der Waals surface area (Å²) in [5.74, 6) is -1.33. The Bertz CT molecular complexity index is 430. The molecule has 0 atom stereocenters. The van der Waals surface area contributed by atoms with E-state index in [9.17, 15) is 18.0 Å². The van der Waals surface area contributed by atoms with E-state index in [1.54, 1.807) is 13.8 Å². The van der Waals surface area contributed by atoms with Gasteiger partial charge in [-0.15, -0.1) is 10.2 Å². The number of nitrogens with one attached hydrogen (secondary N) is 1. The number of nitrogens with zero attached hydrogens (tertiary/aromatic N) is 3. The van der Waals surface area contributed by atoms with Gasteiger partial charge in [-0.1, -0.05) is 11.8 Å². The molecule has 1 N–H and O–H groups in total. The topological polar surface area (TPSA) is 59.8 Å². The summed E-state index contributed by atoms with van der Waals surface area (Å²) in [6, 6.07) is -0.0108. The maximum Gasteiger partial charge on any atom is 0.451 e. The monoisotopic (exact) mass is 282 g/mol. The van der Waals surface area contributed by atoms with Crippen LogP contribution in [0.4, 0.5) is 13.2 Å². The van der Waals surface area contributed by atoms with Crippen LogP contribution < -0.4 is 5.32 Å². The number of carbonyl (C=O) groups excluding carboxylic acids is 1. The smallest absolute Gasteiger partial charge is 0.353 e. The van der Waals surface area contributed by atoms with Gasteiger partial charge in [0.1, 0.15) is 0 Å². The number of alkyl halides is 3. The van der Waals surface area contributed by atoms with E-state index in [1.165, 1.54) is 7.05 Å². The van der Waals surface area contributed by atoms with E-state index >= 15 is 0 Å². The highest BCUT2D eigenvalue weighted by Crippen LogP contribution is 2.29. The fraction of sp³-hybridized carbons (Fsp3) is 0.667. The quantitative estimate of drug-likeness (QED) is 0.849. The van der Waals surface area contributed by atoms with E-state index in [1.807, 2.05) is 0 Å². The lowest BCUT2D eigenvalue weighted by molar-refractivity contribution is -0.147. The minimum absolute atomic E-state index is 0.00199. The number of hydrogen-bond donors (Lipinski definition) is 1. The van der Waals surface area contributed by atoms with Crippen LogP contribution in [0.25, 0.3) is 0 Å². The van der Waals surface area contributed by atoms with Crippen molar-refractivity contribution in [2.45, 2.75) is 31.2 Å². The van der Waals surface area contributed by atoms with Crippen LogP contribution >= 0.6 is 11.8 Å². The van der Waals surface area contributed by atoms with Crippen molar-refractivity contribution >= 4 is 17.7 Å². The molecule has 1 aromatic heterocycles. The average molecular weight is 282 g/mol. The Labute approximate surface area is 106 Å². The van der Waals surface area contributed by atoms with Crippen LogP contribution in [0.3, 0.4) is 0 Å². The minimum atomic E-state index is -4.54. The molecule has 0 aliphatic heterocycles. The number of rotatable bonds is 4. The van der Waals surface area contributed by atoms with Gasteiger partial charge in [0, 0.05) is 13.1 Å². The van der Waals surface area contributed by atoms with Crippen molar-refractivity contribution in [1.29, 1.82) is 0 Å². The van der Waals surface area contributed by atoms with Crippen LogP contribution in [0.2, 0.25) is 0 Å². The fourth-order valence-corrected chi connectivity index (χ4v) is 1.90. The van der Waals surface area contributed by atoms with Gasteiger partial charge in [-0.25, -0.2) is 0 Å². The van der Waals surface area contributed by atoms with Gasteiger partial charge in [-0.05, 0) is 13.8 Å². The summed E-state index contributed by atoms with van der Waals surface area (Å²) in [6.07, 6.45) is -4.54. The zero-order chi connectivity index (χ0) is 13.9. The van der Waals surface area contributed by atoms with Gasteiger partial charge in [0.25, 0.3) is 0 Å². The molecule has 1 rings (SSSR count). The lowest BCUT2D eigenvalue weighted by Crippen LogP contribution is -2.31. The van der Waals surface area contributed by atoms with Crippen LogP contribution in [0.1, 0.15) is 19.7 Å². The van der Waals surface area contributed by atoms with Gasteiger partial charge in [0.15, 0.2) is 5.16 Å². The molecule has 0 bridgehead atoms. The molecule has 1 heterocycles. The first-order valence-corrected chi connectivity index (χ1v) is 6.09. The van der Waals surface area contributed by atoms with Gasteiger partial charge < -0.3 is 9.88 Å². The number of thioether (sulfide) groups is 1. The number of carbonyl (C=O) groups is 1. The van der Waals surface area contributed by atoms with Crippen molar-refractivity contribution in [2.24, 2.45) is 7.05 Å². The Morgan fingerprint density at radius 2 is 2.06 bits per heavy atom. The summed E-state index contributed by atoms with van der Waals surface area (Å²) in [7, 11) is 1.21. The molecule has 5 nitrogen and oxygen atoms in total. The minimum Gasteiger partial charge on any atom is -0.353 e. The maximum atomic E-state index is 12.4. The molecule has 9 heteroatoms. The summed E-state index contributed by atoms with van der Waals surface area (Å²) < 4.78 is 38.1. The second kappa shape index (κ2) is 5.59. The summed E-state index contributed by atoms with van der Waals surface area (Å²) in [6.45, 7) is 3.60. The fourth-order valence-electron chi connectivity index (χ4n) is 1.18. The molecule has 102 valence electrons. The van der Waals surface area contributed by atoms with E-state index < -0.39 is 12.0 Å². The van der Waals surface area contributed by atoms with Crippen LogP contribution in [0, 0.1) is 0 Å². The van der Waals surface area contributed by atoms with E-state index in [2.05, 4.69) is 15.5 Å². The van der Waals surface area contributed by atoms with E-state index in [4.69, 9.17) is 0 Å². The van der Waals surface area contributed by atoms with Gasteiger partial charge >= 0.3 is 6.18 Å². The molecule has 1 aromatic rings. The highest BCUT2D eigenvalue weighted by atomic mass is 32.2. The normalized spacial score (nSPS) is 11.9. The zero-order valence-corrected chi connectivity index (χ0v) is 10.9. The Kier molecular flexibility index (Phi) is 4.60. The molecular formula is C9H13F3N4OS. The van der Waals surface area contributed by atoms with Gasteiger partial charge in [0.2, 0.25) is 11.7 Å². The average Bonchev–Trinajstić information content (AvgIpc) is 2.55. The van der Waals surface area contributed by atoms with Crippen LogP contribution in [-0.4, -0.2) is 32.5 Å². The first-order chi connectivity index (χ1) is 8.21. The summed E-state index contributed by atoms with van der Waals surface area (Å²) >= 11 is 0.911. The summed E-state index contributed by atoms with van der Waals surface area (Å²) in [4.78, 5) is 11.3. The molecule has 0 saturated carbocycles. The largest absolute Gasteiger partial charge is 0.451 e. The highest BCUT2D eigenvalue weighted by molar-refractivity contribution is 7.99. The maximum absolute atomic E-state index is 12.4. The predicted molar refractivity (Wildman–Crippen MR) is 60.0 cm³/mol. The van der Waals surface area contributed by atoms with Gasteiger partial charge in [-0.2, -0.15) is 13.2 Å². The molecule has 0 fully saturated rings. The molecular weight excluding hydrogens is 269 g/mol. The number of amides is 1. The lowest BCUT2D eigenvalue weighted by atomic mass is 10.4. The van der Waals surface area contributed by atoms with Crippen molar-refractivity contribution < 1.29 is 18.0 Å². The summed E-state index contributed by atoms with van der Waals surface area (Å²) in [5.41, 5.74) is 0. The Morgan fingerprint density at radius 1 is 1.44 bits per heavy atom.